The monoisotopic (exact) mass is 712 g/mol. The Hall–Kier alpha value is -8.24. The first-order valence-corrected chi connectivity index (χ1v) is 18.2. The Kier molecular flexibility index (Phi) is 7.53. The molecule has 10 aromatic rings. The van der Waals surface area contributed by atoms with Crippen LogP contribution in [0, 0.1) is 34.0 Å². The van der Waals surface area contributed by atoms with Gasteiger partial charge >= 0.3 is 0 Å². The van der Waals surface area contributed by atoms with Crippen molar-refractivity contribution in [2.75, 3.05) is 0 Å². The molecule has 0 spiro atoms. The van der Waals surface area contributed by atoms with Crippen LogP contribution in [-0.2, 0) is 0 Å². The maximum absolute atomic E-state index is 10.2. The van der Waals surface area contributed by atoms with Crippen LogP contribution in [0.25, 0.3) is 88.4 Å². The Morgan fingerprint density at radius 2 is 0.839 bits per heavy atom. The van der Waals surface area contributed by atoms with E-state index in [0.717, 1.165) is 88.4 Å². The molecule has 0 aliphatic rings. The van der Waals surface area contributed by atoms with Gasteiger partial charge in [-0.2, -0.15) is 15.8 Å². The third-order valence-corrected chi connectivity index (χ3v) is 10.7. The molecule has 0 bridgehead atoms. The average Bonchev–Trinajstić information content (AvgIpc) is 3.78. The number of hydrogen-bond acceptors (Lipinski definition) is 4. The summed E-state index contributed by atoms with van der Waals surface area (Å²) in [5.74, 6) is 0. The molecule has 0 aliphatic heterocycles. The number of pyridine rings is 1. The van der Waals surface area contributed by atoms with Crippen molar-refractivity contribution in [3.63, 3.8) is 0 Å². The zero-order valence-corrected chi connectivity index (χ0v) is 29.8. The molecule has 0 unspecified atom stereocenters. The summed E-state index contributed by atoms with van der Waals surface area (Å²) in [5, 5.41) is 33.4. The minimum Gasteiger partial charge on any atom is -0.309 e. The third kappa shape index (κ3) is 5.12. The van der Waals surface area contributed by atoms with E-state index in [0.29, 0.717) is 16.7 Å². The van der Waals surface area contributed by atoms with Crippen LogP contribution in [0.4, 0.5) is 0 Å². The number of aromatic nitrogens is 3. The van der Waals surface area contributed by atoms with Crippen LogP contribution in [0.3, 0.4) is 0 Å². The van der Waals surface area contributed by atoms with Crippen molar-refractivity contribution in [3.05, 3.63) is 187 Å². The van der Waals surface area contributed by atoms with Gasteiger partial charge < -0.3 is 9.13 Å². The van der Waals surface area contributed by atoms with E-state index < -0.39 is 0 Å². The Bertz CT molecular complexity index is 3330. The lowest BCUT2D eigenvalue weighted by Crippen LogP contribution is -2.02. The average molecular weight is 713 g/mol. The number of rotatable bonds is 5. The summed E-state index contributed by atoms with van der Waals surface area (Å²) in [7, 11) is 0. The third-order valence-electron chi connectivity index (χ3n) is 10.7. The molecule has 0 N–H and O–H groups in total. The second-order valence-electron chi connectivity index (χ2n) is 13.8. The van der Waals surface area contributed by atoms with Gasteiger partial charge in [0.1, 0.15) is 0 Å². The molecule has 7 aromatic carbocycles. The van der Waals surface area contributed by atoms with Crippen molar-refractivity contribution < 1.29 is 0 Å². The highest BCUT2D eigenvalue weighted by Crippen LogP contribution is 2.42. The predicted molar refractivity (Wildman–Crippen MR) is 223 cm³/mol. The van der Waals surface area contributed by atoms with Gasteiger partial charge in [-0.05, 0) is 107 Å². The molecule has 0 radical (unpaired) electrons. The number of hydrogen-bond donors (Lipinski definition) is 0. The summed E-state index contributed by atoms with van der Waals surface area (Å²) in [5.41, 5.74) is 13.9. The number of fused-ring (bicyclic) bond motifs is 6. The molecule has 258 valence electrons. The lowest BCUT2D eigenvalue weighted by Gasteiger charge is -2.18. The normalized spacial score (nSPS) is 11.2. The quantitative estimate of drug-likeness (QED) is 0.177. The minimum absolute atomic E-state index is 0.560. The summed E-state index contributed by atoms with van der Waals surface area (Å²) in [6.45, 7) is 0. The summed E-state index contributed by atoms with van der Waals surface area (Å²) < 4.78 is 4.57. The molecule has 6 heteroatoms. The summed E-state index contributed by atoms with van der Waals surface area (Å²) in [6.07, 6.45) is 3.72. The van der Waals surface area contributed by atoms with Gasteiger partial charge in [-0.15, -0.1) is 0 Å². The molecule has 6 nitrogen and oxygen atoms in total. The number of benzene rings is 7. The Morgan fingerprint density at radius 3 is 1.38 bits per heavy atom. The molecule has 0 saturated heterocycles. The van der Waals surface area contributed by atoms with Gasteiger partial charge in [-0.1, -0.05) is 72.8 Å². The fourth-order valence-corrected chi connectivity index (χ4v) is 8.11. The van der Waals surface area contributed by atoms with E-state index in [9.17, 15) is 15.8 Å². The molecular formula is C50H28N6. The van der Waals surface area contributed by atoms with Crippen LogP contribution in [-0.4, -0.2) is 14.1 Å². The second-order valence-corrected chi connectivity index (χ2v) is 13.8. The van der Waals surface area contributed by atoms with Crippen LogP contribution >= 0.6 is 0 Å². The first kappa shape index (κ1) is 32.4. The lowest BCUT2D eigenvalue weighted by molar-refractivity contribution is 1.13. The summed E-state index contributed by atoms with van der Waals surface area (Å²) in [6, 6.07) is 60.0. The van der Waals surface area contributed by atoms with Gasteiger partial charge in [0.25, 0.3) is 0 Å². The molecule has 3 heterocycles. The van der Waals surface area contributed by atoms with Crippen molar-refractivity contribution >= 4 is 43.6 Å². The van der Waals surface area contributed by atoms with E-state index in [1.165, 1.54) is 0 Å². The highest BCUT2D eigenvalue weighted by Gasteiger charge is 2.21. The number of nitriles is 3. The molecule has 0 aliphatic carbocycles. The zero-order chi connectivity index (χ0) is 37.8. The fraction of sp³-hybridized carbons (Fsp3) is 0. The SMILES string of the molecule is N#Cc1ccc(-c2ccc3c(c2)c2ccccc2n3-c2ccc(C#N)cc2-c2ccncc2-n2c3ccccc3c3cc(-c4ccc(C#N)cc4)ccc32)cc1. The van der Waals surface area contributed by atoms with E-state index in [4.69, 9.17) is 0 Å². The van der Waals surface area contributed by atoms with Crippen LogP contribution in [0.1, 0.15) is 16.7 Å². The van der Waals surface area contributed by atoms with Gasteiger partial charge in [0, 0.05) is 38.9 Å². The van der Waals surface area contributed by atoms with Crippen molar-refractivity contribution in [1.82, 2.24) is 14.1 Å². The summed E-state index contributed by atoms with van der Waals surface area (Å²) in [4.78, 5) is 4.67. The minimum atomic E-state index is 0.560. The van der Waals surface area contributed by atoms with Crippen LogP contribution in [0.2, 0.25) is 0 Å². The Morgan fingerprint density at radius 1 is 0.375 bits per heavy atom. The zero-order valence-electron chi connectivity index (χ0n) is 29.8. The van der Waals surface area contributed by atoms with E-state index >= 15 is 0 Å². The lowest BCUT2D eigenvalue weighted by atomic mass is 9.99. The van der Waals surface area contributed by atoms with Crippen molar-refractivity contribution in [2.45, 2.75) is 0 Å². The molecule has 0 saturated carbocycles. The molecule has 0 atom stereocenters. The molecule has 0 fully saturated rings. The summed E-state index contributed by atoms with van der Waals surface area (Å²) >= 11 is 0. The second kappa shape index (κ2) is 13.0. The smallest absolute Gasteiger partial charge is 0.0991 e. The van der Waals surface area contributed by atoms with Crippen LogP contribution < -0.4 is 0 Å². The maximum atomic E-state index is 10.2. The number of para-hydroxylation sites is 2. The fourth-order valence-electron chi connectivity index (χ4n) is 8.11. The van der Waals surface area contributed by atoms with Gasteiger partial charge in [0.2, 0.25) is 0 Å². The van der Waals surface area contributed by atoms with Crippen molar-refractivity contribution in [2.24, 2.45) is 0 Å². The van der Waals surface area contributed by atoms with E-state index in [-0.39, 0.29) is 0 Å². The van der Waals surface area contributed by atoms with Gasteiger partial charge in [-0.25, -0.2) is 0 Å². The molecule has 3 aromatic heterocycles. The first-order chi connectivity index (χ1) is 27.6. The Labute approximate surface area is 322 Å². The predicted octanol–water partition coefficient (Wildman–Crippen LogP) is 11.9. The van der Waals surface area contributed by atoms with Gasteiger partial charge in [0.05, 0.1) is 74.5 Å². The molecule has 56 heavy (non-hydrogen) atoms. The standard InChI is InChI=1S/C50H28N6/c51-28-32-9-14-35(15-10-32)37-18-21-48-43(26-37)39-5-1-3-7-45(39)55(48)47-20-13-34(30-53)25-42(47)41-23-24-54-31-50(41)56-46-8-4-2-6-40(46)44-27-38(19-22-49(44)56)36-16-11-33(29-52)12-17-36/h1-27,31H. The highest BCUT2D eigenvalue weighted by atomic mass is 15.0. The molecular weight excluding hydrogens is 685 g/mol. The number of nitrogens with zero attached hydrogens (tertiary/aromatic N) is 6. The molecule has 10 rings (SSSR count). The van der Waals surface area contributed by atoms with Gasteiger partial charge in [-0.3, -0.25) is 4.98 Å². The van der Waals surface area contributed by atoms with E-state index in [1.807, 2.05) is 85.2 Å². The topological polar surface area (TPSA) is 94.1 Å². The van der Waals surface area contributed by atoms with Crippen molar-refractivity contribution in [3.8, 4) is 63.0 Å². The maximum Gasteiger partial charge on any atom is 0.0991 e. The Balaban J connectivity index is 1.20. The van der Waals surface area contributed by atoms with Gasteiger partial charge in [0.15, 0.2) is 0 Å². The van der Waals surface area contributed by atoms with Crippen LogP contribution in [0.15, 0.2) is 170 Å². The molecule has 0 amide bonds. The largest absolute Gasteiger partial charge is 0.309 e. The van der Waals surface area contributed by atoms with Crippen LogP contribution in [0.5, 0.6) is 0 Å². The van der Waals surface area contributed by atoms with E-state index in [1.54, 1.807) is 0 Å². The first-order valence-electron chi connectivity index (χ1n) is 18.2. The van der Waals surface area contributed by atoms with Crippen molar-refractivity contribution in [1.29, 1.82) is 15.8 Å². The highest BCUT2D eigenvalue weighted by molar-refractivity contribution is 6.12. The van der Waals surface area contributed by atoms with E-state index in [2.05, 4.69) is 117 Å².